The van der Waals surface area contributed by atoms with Crippen molar-refractivity contribution in [1.29, 1.82) is 0 Å². The van der Waals surface area contributed by atoms with Gasteiger partial charge in [0, 0.05) is 34.0 Å². The van der Waals surface area contributed by atoms with Crippen LogP contribution in [0, 0.1) is 6.92 Å². The van der Waals surface area contributed by atoms with Crippen molar-refractivity contribution in [2.24, 2.45) is 5.16 Å². The number of hydrogen-bond acceptors (Lipinski definition) is 3. The lowest BCUT2D eigenvalue weighted by atomic mass is 9.88. The molecule has 1 heterocycles. The second-order valence-electron chi connectivity index (χ2n) is 7.26. The van der Waals surface area contributed by atoms with E-state index in [1.54, 1.807) is 37.3 Å². The summed E-state index contributed by atoms with van der Waals surface area (Å²) >= 11 is 12.2. The zero-order valence-corrected chi connectivity index (χ0v) is 17.3. The number of halogens is 5. The molecule has 29 heavy (non-hydrogen) atoms. The van der Waals surface area contributed by atoms with Gasteiger partial charge < -0.3 is 4.84 Å². The monoisotopic (exact) mass is 443 g/mol. The highest BCUT2D eigenvalue weighted by Crippen LogP contribution is 2.38. The van der Waals surface area contributed by atoms with Gasteiger partial charge in [-0.1, -0.05) is 40.5 Å². The molecule has 1 unspecified atom stereocenters. The summed E-state index contributed by atoms with van der Waals surface area (Å²) in [4.78, 5) is 17.8. The molecule has 2 aromatic rings. The molecule has 3 rings (SSSR count). The smallest absolute Gasteiger partial charge is 0.384 e. The molecule has 154 valence electrons. The fraction of sp³-hybridized carbons (Fsp3) is 0.333. The Morgan fingerprint density at radius 3 is 2.41 bits per heavy atom. The maximum atomic E-state index is 12.4. The normalized spacial score (nSPS) is 19.1. The molecule has 1 atom stereocenters. The van der Waals surface area contributed by atoms with Crippen LogP contribution in [-0.4, -0.2) is 17.7 Å². The second-order valence-corrected chi connectivity index (χ2v) is 8.14. The fourth-order valence-electron chi connectivity index (χ4n) is 3.25. The number of alkyl halides is 3. The molecule has 0 saturated carbocycles. The van der Waals surface area contributed by atoms with Crippen molar-refractivity contribution in [1.82, 2.24) is 0 Å². The topological polar surface area (TPSA) is 38.7 Å². The molecular weight excluding hydrogens is 426 g/mol. The predicted molar refractivity (Wildman–Crippen MR) is 107 cm³/mol. The number of hydrogen-bond donors (Lipinski definition) is 0. The van der Waals surface area contributed by atoms with E-state index in [2.05, 4.69) is 5.16 Å². The number of Topliss-reactive ketones (excluding diaryl/α,β-unsaturated/α-hetero) is 1. The van der Waals surface area contributed by atoms with Crippen LogP contribution in [0.5, 0.6) is 0 Å². The van der Waals surface area contributed by atoms with Crippen LogP contribution in [0.2, 0.25) is 10.0 Å². The molecule has 0 saturated heterocycles. The number of rotatable bonds is 5. The van der Waals surface area contributed by atoms with E-state index in [4.69, 9.17) is 28.0 Å². The molecule has 1 aliphatic rings. The summed E-state index contributed by atoms with van der Waals surface area (Å²) in [5.41, 5.74) is 2.31. The minimum Gasteiger partial charge on any atom is -0.384 e. The first kappa shape index (κ1) is 21.7. The van der Waals surface area contributed by atoms with Crippen LogP contribution in [-0.2, 0) is 10.4 Å². The van der Waals surface area contributed by atoms with Crippen molar-refractivity contribution in [3.05, 3.63) is 68.7 Å². The lowest BCUT2D eigenvalue weighted by Crippen LogP contribution is -2.22. The molecule has 0 radical (unpaired) electrons. The Morgan fingerprint density at radius 2 is 1.83 bits per heavy atom. The van der Waals surface area contributed by atoms with E-state index in [-0.39, 0.29) is 5.56 Å². The first-order chi connectivity index (χ1) is 13.5. The molecule has 0 spiro atoms. The number of carbonyl (C=O) groups excluding carboxylic acids is 1. The SMILES string of the molecule is Cc1cc(C2=NOC(C)(c3cc(Cl)cc(Cl)c3)C2)ccc1C(=O)CCC(F)(F)F. The van der Waals surface area contributed by atoms with E-state index in [0.717, 1.165) is 11.1 Å². The van der Waals surface area contributed by atoms with E-state index in [1.807, 2.05) is 6.92 Å². The Morgan fingerprint density at radius 1 is 1.17 bits per heavy atom. The summed E-state index contributed by atoms with van der Waals surface area (Å²) in [6.45, 7) is 3.56. The van der Waals surface area contributed by atoms with Crippen molar-refractivity contribution in [3.8, 4) is 0 Å². The van der Waals surface area contributed by atoms with Gasteiger partial charge in [-0.3, -0.25) is 4.79 Å². The van der Waals surface area contributed by atoms with E-state index in [1.165, 1.54) is 6.07 Å². The fourth-order valence-corrected chi connectivity index (χ4v) is 3.78. The van der Waals surface area contributed by atoms with Gasteiger partial charge in [-0.05, 0) is 49.2 Å². The van der Waals surface area contributed by atoms with Crippen molar-refractivity contribution in [2.45, 2.75) is 44.9 Å². The number of carbonyl (C=O) groups is 1. The van der Waals surface area contributed by atoms with Gasteiger partial charge >= 0.3 is 6.18 Å². The second kappa shape index (κ2) is 8.00. The van der Waals surface area contributed by atoms with Gasteiger partial charge in [0.1, 0.15) is 0 Å². The summed E-state index contributed by atoms with van der Waals surface area (Å²) in [6, 6.07) is 10.1. The van der Waals surface area contributed by atoms with Crippen LogP contribution in [0.3, 0.4) is 0 Å². The Labute approximate surface area is 176 Å². The quantitative estimate of drug-likeness (QED) is 0.473. The predicted octanol–water partition coefficient (Wildman–Crippen LogP) is 6.87. The minimum atomic E-state index is -4.35. The lowest BCUT2D eigenvalue weighted by molar-refractivity contribution is -0.133. The van der Waals surface area contributed by atoms with Gasteiger partial charge in [0.15, 0.2) is 11.4 Å². The van der Waals surface area contributed by atoms with E-state index >= 15 is 0 Å². The number of nitrogens with zero attached hydrogens (tertiary/aromatic N) is 1. The van der Waals surface area contributed by atoms with Crippen LogP contribution in [0.15, 0.2) is 41.6 Å². The number of benzene rings is 2. The average molecular weight is 444 g/mol. The molecule has 1 aliphatic heterocycles. The van der Waals surface area contributed by atoms with Gasteiger partial charge in [-0.2, -0.15) is 13.2 Å². The van der Waals surface area contributed by atoms with Crippen molar-refractivity contribution < 1.29 is 22.8 Å². The third kappa shape index (κ3) is 5.11. The third-order valence-corrected chi connectivity index (χ3v) is 5.27. The van der Waals surface area contributed by atoms with Crippen LogP contribution in [0.4, 0.5) is 13.2 Å². The highest BCUT2D eigenvalue weighted by Gasteiger charge is 2.37. The Kier molecular flexibility index (Phi) is 5.97. The molecular formula is C21H18Cl2F3NO2. The summed E-state index contributed by atoms with van der Waals surface area (Å²) in [5, 5.41) is 5.15. The molecule has 0 bridgehead atoms. The zero-order chi connectivity index (χ0) is 21.4. The Balaban J connectivity index is 1.77. The van der Waals surface area contributed by atoms with Crippen LogP contribution < -0.4 is 0 Å². The molecule has 2 aromatic carbocycles. The third-order valence-electron chi connectivity index (χ3n) is 4.83. The Bertz CT molecular complexity index is 968. The lowest BCUT2D eigenvalue weighted by Gasteiger charge is -2.22. The van der Waals surface area contributed by atoms with Gasteiger partial charge in [-0.15, -0.1) is 0 Å². The minimum absolute atomic E-state index is 0.280. The Hall–Kier alpha value is -2.05. The standard InChI is InChI=1S/C21H18Cl2F3NO2/c1-12-7-13(3-4-17(12)19(28)5-6-21(24,25)26)18-11-20(2,29-27-18)14-8-15(22)10-16(23)9-14/h3-4,7-10H,5-6,11H2,1-2H3. The van der Waals surface area contributed by atoms with Crippen molar-refractivity contribution >= 4 is 34.7 Å². The van der Waals surface area contributed by atoms with Crippen molar-refractivity contribution in [3.63, 3.8) is 0 Å². The first-order valence-electron chi connectivity index (χ1n) is 8.89. The number of aryl methyl sites for hydroxylation is 1. The maximum absolute atomic E-state index is 12.4. The number of ketones is 1. The maximum Gasteiger partial charge on any atom is 0.389 e. The molecule has 0 fully saturated rings. The highest BCUT2D eigenvalue weighted by molar-refractivity contribution is 6.34. The summed E-state index contributed by atoms with van der Waals surface area (Å²) < 4.78 is 37.1. The van der Waals surface area contributed by atoms with Gasteiger partial charge in [0.2, 0.25) is 0 Å². The zero-order valence-electron chi connectivity index (χ0n) is 15.7. The average Bonchev–Trinajstić information content (AvgIpc) is 3.02. The summed E-state index contributed by atoms with van der Waals surface area (Å²) in [5.74, 6) is -0.533. The summed E-state index contributed by atoms with van der Waals surface area (Å²) in [6.07, 6.45) is -5.60. The molecule has 0 aliphatic carbocycles. The molecule has 0 N–H and O–H groups in total. The van der Waals surface area contributed by atoms with E-state index in [9.17, 15) is 18.0 Å². The summed E-state index contributed by atoms with van der Waals surface area (Å²) in [7, 11) is 0. The van der Waals surface area contributed by atoms with Gasteiger partial charge in [0.05, 0.1) is 12.1 Å². The van der Waals surface area contributed by atoms with Gasteiger partial charge in [-0.25, -0.2) is 0 Å². The van der Waals surface area contributed by atoms with Crippen LogP contribution in [0.1, 0.15) is 53.2 Å². The van der Waals surface area contributed by atoms with Crippen molar-refractivity contribution in [2.75, 3.05) is 0 Å². The highest BCUT2D eigenvalue weighted by atomic mass is 35.5. The van der Waals surface area contributed by atoms with Crippen LogP contribution >= 0.6 is 23.2 Å². The van der Waals surface area contributed by atoms with Gasteiger partial charge in [0.25, 0.3) is 0 Å². The molecule has 3 nitrogen and oxygen atoms in total. The molecule has 0 aromatic heterocycles. The number of oxime groups is 1. The first-order valence-corrected chi connectivity index (χ1v) is 9.65. The van der Waals surface area contributed by atoms with E-state index < -0.39 is 30.4 Å². The largest absolute Gasteiger partial charge is 0.389 e. The van der Waals surface area contributed by atoms with Crippen LogP contribution in [0.25, 0.3) is 0 Å². The van der Waals surface area contributed by atoms with E-state index in [0.29, 0.717) is 27.7 Å². The molecule has 0 amide bonds. The molecule has 8 heteroatoms.